The van der Waals surface area contributed by atoms with E-state index in [1.165, 1.54) is 9.78 Å². The molecule has 24 heavy (non-hydrogen) atoms. The summed E-state index contributed by atoms with van der Waals surface area (Å²) in [5, 5.41) is 16.5. The monoisotopic (exact) mass is 348 g/mol. The molecule has 3 rings (SSSR count). The second kappa shape index (κ2) is 7.14. The van der Waals surface area contributed by atoms with Crippen LogP contribution in [0, 0.1) is 6.92 Å². The number of carbonyl (C=O) groups is 2. The highest BCUT2D eigenvalue weighted by Crippen LogP contribution is 2.18. The fourth-order valence-electron chi connectivity index (χ4n) is 2.74. The van der Waals surface area contributed by atoms with E-state index in [4.69, 9.17) is 0 Å². The number of β-amino-alcohol motifs (C(OH)–C–C–N with tert-alkyl or cyclic N) is 1. The predicted octanol–water partition coefficient (Wildman–Crippen LogP) is 1.22. The molecule has 0 aromatic carbocycles. The zero-order valence-electron chi connectivity index (χ0n) is 13.4. The number of piperidine rings is 1. The number of rotatable bonds is 3. The van der Waals surface area contributed by atoms with Gasteiger partial charge in [-0.1, -0.05) is 0 Å². The fraction of sp³-hybridized carbons (Fsp3) is 0.438. The summed E-state index contributed by atoms with van der Waals surface area (Å²) >= 11 is 1.67. The van der Waals surface area contributed by atoms with Crippen LogP contribution >= 0.6 is 11.3 Å². The van der Waals surface area contributed by atoms with Crippen molar-refractivity contribution in [3.05, 3.63) is 34.2 Å². The summed E-state index contributed by atoms with van der Waals surface area (Å²) in [5.74, 6) is -0.835. The molecule has 2 amide bonds. The topological polar surface area (TPSA) is 87.5 Å². The molecule has 2 aromatic rings. The Morgan fingerprint density at radius 1 is 1.42 bits per heavy atom. The van der Waals surface area contributed by atoms with Crippen LogP contribution in [-0.4, -0.2) is 50.8 Å². The maximum Gasteiger partial charge on any atom is 0.315 e. The molecule has 128 valence electrons. The highest BCUT2D eigenvalue weighted by atomic mass is 32.1. The van der Waals surface area contributed by atoms with Crippen molar-refractivity contribution in [3.8, 4) is 0 Å². The van der Waals surface area contributed by atoms with Crippen molar-refractivity contribution in [1.29, 1.82) is 0 Å². The zero-order valence-corrected chi connectivity index (χ0v) is 14.3. The van der Waals surface area contributed by atoms with Gasteiger partial charge in [0.15, 0.2) is 0 Å². The number of aryl methyl sites for hydroxylation is 1. The van der Waals surface area contributed by atoms with Crippen molar-refractivity contribution in [2.24, 2.45) is 0 Å². The molecule has 1 saturated heterocycles. The predicted molar refractivity (Wildman–Crippen MR) is 90.8 cm³/mol. The van der Waals surface area contributed by atoms with Crippen molar-refractivity contribution in [1.82, 2.24) is 14.7 Å². The lowest BCUT2D eigenvalue weighted by Gasteiger charge is -2.29. The van der Waals surface area contributed by atoms with E-state index in [1.807, 2.05) is 19.1 Å². The molecule has 2 aromatic heterocycles. The van der Waals surface area contributed by atoms with E-state index in [-0.39, 0.29) is 6.54 Å². The van der Waals surface area contributed by atoms with Gasteiger partial charge in [-0.05, 0) is 31.9 Å². The number of aliphatic hydroxyl groups excluding tert-OH is 1. The molecule has 0 aliphatic carbocycles. The minimum absolute atomic E-state index is 0.208. The zero-order chi connectivity index (χ0) is 17.1. The summed E-state index contributed by atoms with van der Waals surface area (Å²) in [6, 6.07) is 5.72. The number of carbonyl (C=O) groups excluding carboxylic acids is 2. The number of hydrogen-bond acceptors (Lipinski definition) is 5. The number of hydrogen-bond donors (Lipinski definition) is 2. The number of nitrogens with zero attached hydrogens (tertiary/aromatic N) is 3. The number of aliphatic hydroxyl groups is 1. The van der Waals surface area contributed by atoms with Gasteiger partial charge in [0, 0.05) is 28.9 Å². The van der Waals surface area contributed by atoms with Gasteiger partial charge in [0.2, 0.25) is 0 Å². The molecule has 0 spiro atoms. The van der Waals surface area contributed by atoms with Crippen LogP contribution in [0.5, 0.6) is 0 Å². The van der Waals surface area contributed by atoms with Crippen LogP contribution in [-0.2, 0) is 16.1 Å². The molecule has 0 bridgehead atoms. The normalized spacial score (nSPS) is 17.8. The largest absolute Gasteiger partial charge is 0.391 e. The standard InChI is InChI=1S/C16H20N4O3S/c1-11-4-5-13(24-11)10-20-14(6-7-17-20)18-15(22)16(23)19-8-2-3-12(21)9-19/h4-7,12,21H,2-3,8-10H2,1H3,(H,18,22). The van der Waals surface area contributed by atoms with Crippen LogP contribution in [0.15, 0.2) is 24.4 Å². The highest BCUT2D eigenvalue weighted by molar-refractivity contribution is 7.11. The first kappa shape index (κ1) is 16.7. The minimum Gasteiger partial charge on any atom is -0.391 e. The van der Waals surface area contributed by atoms with Crippen LogP contribution < -0.4 is 5.32 Å². The molecule has 0 saturated carbocycles. The lowest BCUT2D eigenvalue weighted by molar-refractivity contribution is -0.145. The van der Waals surface area contributed by atoms with Crippen molar-refractivity contribution < 1.29 is 14.7 Å². The van der Waals surface area contributed by atoms with Crippen LogP contribution in [0.2, 0.25) is 0 Å². The van der Waals surface area contributed by atoms with Gasteiger partial charge < -0.3 is 15.3 Å². The highest BCUT2D eigenvalue weighted by Gasteiger charge is 2.27. The molecule has 0 radical (unpaired) electrons. The first-order valence-corrected chi connectivity index (χ1v) is 8.70. The summed E-state index contributed by atoms with van der Waals surface area (Å²) < 4.78 is 1.65. The first-order valence-electron chi connectivity index (χ1n) is 7.88. The number of anilines is 1. The Hall–Kier alpha value is -2.19. The first-order chi connectivity index (χ1) is 11.5. The molecule has 1 aliphatic rings. The van der Waals surface area contributed by atoms with E-state index in [2.05, 4.69) is 10.4 Å². The molecular formula is C16H20N4O3S. The molecule has 3 heterocycles. The summed E-state index contributed by atoms with van der Waals surface area (Å²) in [5.41, 5.74) is 0. The van der Waals surface area contributed by atoms with Gasteiger partial charge in [-0.15, -0.1) is 11.3 Å². The Morgan fingerprint density at radius 2 is 2.25 bits per heavy atom. The average molecular weight is 348 g/mol. The second-order valence-corrected chi connectivity index (χ2v) is 7.26. The van der Waals surface area contributed by atoms with Gasteiger partial charge >= 0.3 is 11.8 Å². The van der Waals surface area contributed by atoms with Crippen molar-refractivity contribution >= 4 is 29.0 Å². The quantitative estimate of drug-likeness (QED) is 0.817. The minimum atomic E-state index is -0.701. The number of thiophene rings is 1. The molecule has 2 N–H and O–H groups in total. The van der Waals surface area contributed by atoms with E-state index in [1.54, 1.807) is 28.3 Å². The molecule has 1 atom stereocenters. The molecular weight excluding hydrogens is 328 g/mol. The van der Waals surface area contributed by atoms with Gasteiger partial charge in [0.1, 0.15) is 5.82 Å². The molecule has 1 fully saturated rings. The summed E-state index contributed by atoms with van der Waals surface area (Å²) in [7, 11) is 0. The summed E-state index contributed by atoms with van der Waals surface area (Å²) in [4.78, 5) is 28.1. The average Bonchev–Trinajstić information content (AvgIpc) is 3.16. The number of nitrogens with one attached hydrogen (secondary N) is 1. The Labute approximate surface area is 143 Å². The van der Waals surface area contributed by atoms with E-state index in [9.17, 15) is 14.7 Å². The van der Waals surface area contributed by atoms with Crippen LogP contribution in [0.3, 0.4) is 0 Å². The van der Waals surface area contributed by atoms with Crippen molar-refractivity contribution in [3.63, 3.8) is 0 Å². The maximum atomic E-state index is 12.2. The molecule has 7 nitrogen and oxygen atoms in total. The third-order valence-corrected chi connectivity index (χ3v) is 4.92. The van der Waals surface area contributed by atoms with Crippen LogP contribution in [0.25, 0.3) is 0 Å². The third-order valence-electron chi connectivity index (χ3n) is 3.94. The Balaban J connectivity index is 1.64. The van der Waals surface area contributed by atoms with E-state index >= 15 is 0 Å². The SMILES string of the molecule is Cc1ccc(Cn2nccc2NC(=O)C(=O)N2CCCC(O)C2)s1. The second-order valence-electron chi connectivity index (χ2n) is 5.89. The van der Waals surface area contributed by atoms with E-state index < -0.39 is 17.9 Å². The van der Waals surface area contributed by atoms with Gasteiger partial charge in [0.25, 0.3) is 0 Å². The van der Waals surface area contributed by atoms with Crippen molar-refractivity contribution in [2.75, 3.05) is 18.4 Å². The molecule has 1 unspecified atom stereocenters. The van der Waals surface area contributed by atoms with Gasteiger partial charge in [0.05, 0.1) is 18.8 Å². The van der Waals surface area contributed by atoms with Crippen molar-refractivity contribution in [2.45, 2.75) is 32.4 Å². The molecule has 8 heteroatoms. The molecule has 1 aliphatic heterocycles. The Kier molecular flexibility index (Phi) is 4.96. The van der Waals surface area contributed by atoms with Crippen LogP contribution in [0.1, 0.15) is 22.6 Å². The van der Waals surface area contributed by atoms with Gasteiger partial charge in [-0.25, -0.2) is 4.68 Å². The lowest BCUT2D eigenvalue weighted by atomic mass is 10.1. The maximum absolute atomic E-state index is 12.2. The third kappa shape index (κ3) is 3.82. The Bertz CT molecular complexity index is 739. The fourth-order valence-corrected chi connectivity index (χ4v) is 3.61. The Morgan fingerprint density at radius 3 is 2.96 bits per heavy atom. The van der Waals surface area contributed by atoms with Crippen LogP contribution in [0.4, 0.5) is 5.82 Å². The number of aromatic nitrogens is 2. The van der Waals surface area contributed by atoms with E-state index in [0.29, 0.717) is 31.7 Å². The lowest BCUT2D eigenvalue weighted by Crippen LogP contribution is -2.46. The van der Waals surface area contributed by atoms with Gasteiger partial charge in [-0.2, -0.15) is 5.10 Å². The smallest absolute Gasteiger partial charge is 0.315 e. The van der Waals surface area contributed by atoms with E-state index in [0.717, 1.165) is 4.88 Å². The summed E-state index contributed by atoms with van der Waals surface area (Å²) in [6.07, 6.45) is 2.41. The van der Waals surface area contributed by atoms with Gasteiger partial charge in [-0.3, -0.25) is 9.59 Å². The summed E-state index contributed by atoms with van der Waals surface area (Å²) in [6.45, 7) is 3.28. The number of amides is 2. The number of likely N-dealkylation sites (tertiary alicyclic amines) is 1.